The summed E-state index contributed by atoms with van der Waals surface area (Å²) < 4.78 is 14.7. The van der Waals surface area contributed by atoms with E-state index >= 15 is 0 Å². The zero-order valence-electron chi connectivity index (χ0n) is 26.3. The van der Waals surface area contributed by atoms with Crippen LogP contribution in [0.5, 0.6) is 0 Å². The lowest BCUT2D eigenvalue weighted by molar-refractivity contribution is 0.00578. The summed E-state index contributed by atoms with van der Waals surface area (Å²) in [7, 11) is -0.440. The van der Waals surface area contributed by atoms with Crippen molar-refractivity contribution in [2.75, 3.05) is 0 Å². The normalized spacial score (nSPS) is 15.5. The molecule has 0 bridgehead atoms. The van der Waals surface area contributed by atoms with E-state index in [2.05, 4.69) is 129 Å². The fourth-order valence-corrected chi connectivity index (χ4v) is 6.07. The molecule has 6 nitrogen and oxygen atoms in total. The van der Waals surface area contributed by atoms with Crippen LogP contribution in [0.4, 0.5) is 0 Å². The largest absolute Gasteiger partial charge is 0.494 e. The molecule has 1 aliphatic rings. The summed E-state index contributed by atoms with van der Waals surface area (Å²) >= 11 is 0. The van der Waals surface area contributed by atoms with Gasteiger partial charge in [0.25, 0.3) is 0 Å². The molecule has 0 radical (unpaired) electrons. The number of benzene rings is 5. The molecule has 7 aromatic rings. The first-order chi connectivity index (χ1) is 22.3. The molecule has 1 fully saturated rings. The van der Waals surface area contributed by atoms with Crippen molar-refractivity contribution in [3.05, 3.63) is 127 Å². The Bertz CT molecular complexity index is 2140. The maximum atomic E-state index is 6.30. The molecule has 3 heterocycles. The van der Waals surface area contributed by atoms with Gasteiger partial charge in [-0.25, -0.2) is 4.98 Å². The Morgan fingerprint density at radius 3 is 1.46 bits per heavy atom. The summed E-state index contributed by atoms with van der Waals surface area (Å²) in [5.74, 6) is 1.77. The fourth-order valence-electron chi connectivity index (χ4n) is 6.07. The number of hydrogen-bond donors (Lipinski definition) is 0. The summed E-state index contributed by atoms with van der Waals surface area (Å²) in [5.41, 5.74) is 6.32. The van der Waals surface area contributed by atoms with E-state index in [9.17, 15) is 0 Å². The van der Waals surface area contributed by atoms with Crippen LogP contribution in [0.3, 0.4) is 0 Å². The average molecular weight is 601 g/mol. The van der Waals surface area contributed by atoms with Crippen molar-refractivity contribution in [1.29, 1.82) is 0 Å². The van der Waals surface area contributed by atoms with E-state index in [-0.39, 0.29) is 0 Å². The maximum absolute atomic E-state index is 6.30. The first-order valence-electron chi connectivity index (χ1n) is 15.6. The van der Waals surface area contributed by atoms with Crippen molar-refractivity contribution < 1.29 is 9.31 Å². The lowest BCUT2D eigenvalue weighted by atomic mass is 9.79. The molecule has 0 spiro atoms. The molecule has 0 N–H and O–H groups in total. The van der Waals surface area contributed by atoms with Gasteiger partial charge in [0.15, 0.2) is 11.6 Å². The van der Waals surface area contributed by atoms with Crippen LogP contribution in [0.25, 0.3) is 61.7 Å². The predicted octanol–water partition coefficient (Wildman–Crippen LogP) is 8.27. The Balaban J connectivity index is 1.26. The molecule has 0 amide bonds. The Morgan fingerprint density at radius 2 is 0.913 bits per heavy atom. The van der Waals surface area contributed by atoms with Gasteiger partial charge in [-0.3, -0.25) is 4.57 Å². The van der Waals surface area contributed by atoms with Crippen LogP contribution in [0.15, 0.2) is 127 Å². The Hall–Kier alpha value is -5.11. The average Bonchev–Trinajstić information content (AvgIpc) is 3.54. The van der Waals surface area contributed by atoms with Gasteiger partial charge < -0.3 is 9.31 Å². The summed E-state index contributed by atoms with van der Waals surface area (Å²) in [5, 5.41) is 2.31. The lowest BCUT2D eigenvalue weighted by Gasteiger charge is -2.32. The summed E-state index contributed by atoms with van der Waals surface area (Å²) in [6.07, 6.45) is 0. The molecule has 7 heteroatoms. The van der Waals surface area contributed by atoms with Gasteiger partial charge in [0, 0.05) is 21.9 Å². The molecule has 0 aliphatic carbocycles. The third kappa shape index (κ3) is 4.80. The minimum absolute atomic E-state index is 0.410. The Morgan fingerprint density at radius 1 is 0.478 bits per heavy atom. The first-order valence-corrected chi connectivity index (χ1v) is 15.6. The van der Waals surface area contributed by atoms with Crippen LogP contribution in [-0.4, -0.2) is 37.8 Å². The van der Waals surface area contributed by atoms with Gasteiger partial charge in [-0.05, 0) is 56.4 Å². The molecule has 8 rings (SSSR count). The van der Waals surface area contributed by atoms with Crippen LogP contribution in [-0.2, 0) is 9.31 Å². The third-order valence-corrected chi connectivity index (χ3v) is 9.35. The monoisotopic (exact) mass is 600 g/mol. The maximum Gasteiger partial charge on any atom is 0.494 e. The second-order valence-corrected chi connectivity index (χ2v) is 12.8. The van der Waals surface area contributed by atoms with Crippen LogP contribution in [0.1, 0.15) is 27.7 Å². The minimum Gasteiger partial charge on any atom is -0.399 e. The van der Waals surface area contributed by atoms with Crippen molar-refractivity contribution in [3.63, 3.8) is 0 Å². The SMILES string of the molecule is CC1(C)OB(c2ccc(-c3nc(-c4ccc(-c5ccccc5)cc4)nc(-n4c5ccccc5c5ccccc54)n3)cc2)OC1(C)C. The molecule has 1 aliphatic heterocycles. The van der Waals surface area contributed by atoms with E-state index in [1.54, 1.807) is 0 Å². The molecular weight excluding hydrogens is 567 g/mol. The second-order valence-electron chi connectivity index (χ2n) is 12.8. The van der Waals surface area contributed by atoms with Gasteiger partial charge in [0.05, 0.1) is 22.2 Å². The van der Waals surface area contributed by atoms with Gasteiger partial charge >= 0.3 is 7.12 Å². The lowest BCUT2D eigenvalue weighted by Crippen LogP contribution is -2.41. The fraction of sp³-hybridized carbons (Fsp3) is 0.154. The van der Waals surface area contributed by atoms with E-state index in [1.807, 2.05) is 30.3 Å². The van der Waals surface area contributed by atoms with Crippen molar-refractivity contribution in [1.82, 2.24) is 19.5 Å². The van der Waals surface area contributed by atoms with Crippen molar-refractivity contribution in [3.8, 4) is 39.9 Å². The van der Waals surface area contributed by atoms with E-state index in [4.69, 9.17) is 24.3 Å². The van der Waals surface area contributed by atoms with Crippen molar-refractivity contribution >= 4 is 34.4 Å². The molecular formula is C39H33BN4O2. The highest BCUT2D eigenvalue weighted by molar-refractivity contribution is 6.62. The van der Waals surface area contributed by atoms with Crippen LogP contribution in [0, 0.1) is 0 Å². The van der Waals surface area contributed by atoms with E-state index in [0.29, 0.717) is 17.6 Å². The van der Waals surface area contributed by atoms with Gasteiger partial charge in [-0.15, -0.1) is 0 Å². The number of nitrogens with zero attached hydrogens (tertiary/aromatic N) is 4. The number of rotatable bonds is 5. The first kappa shape index (κ1) is 28.4. The minimum atomic E-state index is -0.440. The number of hydrogen-bond acceptors (Lipinski definition) is 5. The van der Waals surface area contributed by atoms with Crippen LogP contribution in [0.2, 0.25) is 0 Å². The van der Waals surface area contributed by atoms with Gasteiger partial charge in [0.1, 0.15) is 0 Å². The summed E-state index contributed by atoms with van der Waals surface area (Å²) in [4.78, 5) is 15.2. The third-order valence-electron chi connectivity index (χ3n) is 9.35. The van der Waals surface area contributed by atoms with Gasteiger partial charge in [-0.1, -0.05) is 115 Å². The van der Waals surface area contributed by atoms with Gasteiger partial charge in [-0.2, -0.15) is 9.97 Å². The van der Waals surface area contributed by atoms with Gasteiger partial charge in [0.2, 0.25) is 5.95 Å². The molecule has 0 saturated carbocycles. The molecule has 1 saturated heterocycles. The standard InChI is InChI=1S/C39H33BN4O2/c1-38(2)39(3,4)46-40(45-38)30-24-22-29(23-25-30)36-41-35(28-20-18-27(19-21-28)26-12-6-5-7-13-26)42-37(43-36)44-33-16-10-8-14-31(33)32-15-9-11-17-34(32)44/h5-25H,1-4H3. The van der Waals surface area contributed by atoms with E-state index < -0.39 is 18.3 Å². The Kier molecular flexibility index (Phi) is 6.64. The van der Waals surface area contributed by atoms with Crippen LogP contribution < -0.4 is 5.46 Å². The predicted molar refractivity (Wildman–Crippen MR) is 186 cm³/mol. The van der Waals surface area contributed by atoms with Crippen LogP contribution >= 0.6 is 0 Å². The smallest absolute Gasteiger partial charge is 0.399 e. The summed E-state index contributed by atoms with van der Waals surface area (Å²) in [6.45, 7) is 8.26. The number of aromatic nitrogens is 4. The molecule has 2 aromatic heterocycles. The number of para-hydroxylation sites is 2. The zero-order chi connectivity index (χ0) is 31.5. The van der Waals surface area contributed by atoms with Crippen molar-refractivity contribution in [2.45, 2.75) is 38.9 Å². The molecule has 224 valence electrons. The summed E-state index contributed by atoms with van der Waals surface area (Å²) in [6, 6.07) is 43.7. The topological polar surface area (TPSA) is 62.1 Å². The number of fused-ring (bicyclic) bond motifs is 3. The highest BCUT2D eigenvalue weighted by atomic mass is 16.7. The van der Waals surface area contributed by atoms with E-state index in [0.717, 1.165) is 44.0 Å². The molecule has 0 atom stereocenters. The second kappa shape index (κ2) is 10.8. The molecule has 5 aromatic carbocycles. The molecule has 46 heavy (non-hydrogen) atoms. The zero-order valence-corrected chi connectivity index (χ0v) is 26.3. The van der Waals surface area contributed by atoms with E-state index in [1.165, 1.54) is 5.56 Å². The highest BCUT2D eigenvalue weighted by Gasteiger charge is 2.51. The van der Waals surface area contributed by atoms with Crippen molar-refractivity contribution in [2.24, 2.45) is 0 Å². The quantitative estimate of drug-likeness (QED) is 0.186. The molecule has 0 unspecified atom stereocenters. The highest BCUT2D eigenvalue weighted by Crippen LogP contribution is 2.37. The Labute approximate surface area is 268 Å².